The minimum atomic E-state index is -0.0790. The molecule has 0 saturated carbocycles. The molecule has 1 aromatic rings. The minimum Gasteiger partial charge on any atom is -0.491 e. The van der Waals surface area contributed by atoms with E-state index in [4.69, 9.17) is 9.84 Å². The number of aliphatic hydroxyl groups is 1. The molecule has 18 heavy (non-hydrogen) atoms. The van der Waals surface area contributed by atoms with Crippen LogP contribution in [0.5, 0.6) is 5.75 Å². The monoisotopic (exact) mass is 251 g/mol. The molecule has 0 spiro atoms. The second-order valence-corrected chi connectivity index (χ2v) is 4.52. The van der Waals surface area contributed by atoms with Crippen molar-refractivity contribution in [1.82, 2.24) is 0 Å². The van der Waals surface area contributed by atoms with Crippen LogP contribution in [0, 0.1) is 6.92 Å². The lowest BCUT2D eigenvalue weighted by Gasteiger charge is -2.13. The number of hydrogen-bond donors (Lipinski definition) is 2. The summed E-state index contributed by atoms with van der Waals surface area (Å²) in [7, 11) is 0. The van der Waals surface area contributed by atoms with Gasteiger partial charge in [0.2, 0.25) is 5.91 Å². The van der Waals surface area contributed by atoms with E-state index in [9.17, 15) is 4.79 Å². The molecule has 0 saturated heterocycles. The number of anilines is 1. The summed E-state index contributed by atoms with van der Waals surface area (Å²) in [6.45, 7) is 5.90. The van der Waals surface area contributed by atoms with E-state index in [2.05, 4.69) is 5.32 Å². The number of nitrogens with one attached hydrogen (secondary N) is 1. The normalized spacial score (nSPS) is 10.5. The van der Waals surface area contributed by atoms with Crippen molar-refractivity contribution in [2.24, 2.45) is 0 Å². The Hall–Kier alpha value is -1.55. The molecule has 0 aliphatic rings. The van der Waals surface area contributed by atoms with Gasteiger partial charge in [-0.15, -0.1) is 0 Å². The highest BCUT2D eigenvalue weighted by molar-refractivity contribution is 5.91. The molecular weight excluding hydrogens is 230 g/mol. The van der Waals surface area contributed by atoms with E-state index < -0.39 is 0 Å². The van der Waals surface area contributed by atoms with Crippen molar-refractivity contribution in [3.63, 3.8) is 0 Å². The summed E-state index contributed by atoms with van der Waals surface area (Å²) in [5.74, 6) is 0.723. The lowest BCUT2D eigenvalue weighted by Crippen LogP contribution is -2.13. The molecule has 0 aliphatic heterocycles. The average molecular weight is 251 g/mol. The third kappa shape index (κ3) is 4.75. The maximum Gasteiger partial charge on any atom is 0.224 e. The largest absolute Gasteiger partial charge is 0.491 e. The standard InChI is InChI=1S/C14H21NO3/c1-10(2)18-12-6-7-13(11(3)9-12)15-14(17)5-4-8-16/h6-7,9-10,16H,4-5,8H2,1-3H3,(H,15,17). The van der Waals surface area contributed by atoms with Gasteiger partial charge in [-0.2, -0.15) is 0 Å². The first-order chi connectivity index (χ1) is 8.52. The fourth-order valence-corrected chi connectivity index (χ4v) is 1.57. The topological polar surface area (TPSA) is 58.6 Å². The fourth-order valence-electron chi connectivity index (χ4n) is 1.57. The van der Waals surface area contributed by atoms with Crippen molar-refractivity contribution >= 4 is 11.6 Å². The number of rotatable bonds is 6. The van der Waals surface area contributed by atoms with Gasteiger partial charge in [-0.1, -0.05) is 0 Å². The molecule has 4 heteroatoms. The smallest absolute Gasteiger partial charge is 0.224 e. The van der Waals surface area contributed by atoms with Crippen molar-refractivity contribution in [2.75, 3.05) is 11.9 Å². The minimum absolute atomic E-state index is 0.0353. The van der Waals surface area contributed by atoms with E-state index in [-0.39, 0.29) is 18.6 Å². The molecule has 0 aromatic heterocycles. The number of carbonyl (C=O) groups excluding carboxylic acids is 1. The van der Waals surface area contributed by atoms with E-state index in [0.29, 0.717) is 12.8 Å². The van der Waals surface area contributed by atoms with Gasteiger partial charge in [0.1, 0.15) is 5.75 Å². The van der Waals surface area contributed by atoms with Gasteiger partial charge in [-0.05, 0) is 51.0 Å². The molecule has 0 atom stereocenters. The number of aryl methyl sites for hydroxylation is 1. The third-order valence-electron chi connectivity index (χ3n) is 2.41. The van der Waals surface area contributed by atoms with Crippen LogP contribution in [0.4, 0.5) is 5.69 Å². The van der Waals surface area contributed by atoms with E-state index >= 15 is 0 Å². The van der Waals surface area contributed by atoms with Crippen LogP contribution >= 0.6 is 0 Å². The molecule has 0 bridgehead atoms. The zero-order valence-electron chi connectivity index (χ0n) is 11.2. The van der Waals surface area contributed by atoms with Gasteiger partial charge in [-0.25, -0.2) is 0 Å². The Bertz CT molecular complexity index is 402. The van der Waals surface area contributed by atoms with Crippen LogP contribution in [0.25, 0.3) is 0 Å². The van der Waals surface area contributed by atoms with Gasteiger partial charge < -0.3 is 15.2 Å². The number of carbonyl (C=O) groups is 1. The lowest BCUT2D eigenvalue weighted by molar-refractivity contribution is -0.116. The summed E-state index contributed by atoms with van der Waals surface area (Å²) in [5, 5.41) is 11.5. The summed E-state index contributed by atoms with van der Waals surface area (Å²) < 4.78 is 5.57. The number of aliphatic hydroxyl groups excluding tert-OH is 1. The van der Waals surface area contributed by atoms with Gasteiger partial charge in [-0.3, -0.25) is 4.79 Å². The molecule has 4 nitrogen and oxygen atoms in total. The van der Waals surface area contributed by atoms with E-state index in [1.165, 1.54) is 0 Å². The second kappa shape index (κ2) is 7.01. The van der Waals surface area contributed by atoms with Crippen molar-refractivity contribution in [3.05, 3.63) is 23.8 Å². The Morgan fingerprint density at radius 1 is 1.44 bits per heavy atom. The highest BCUT2D eigenvalue weighted by Gasteiger charge is 2.06. The summed E-state index contributed by atoms with van der Waals surface area (Å²) in [4.78, 5) is 11.5. The Balaban J connectivity index is 2.64. The molecule has 100 valence electrons. The lowest BCUT2D eigenvalue weighted by atomic mass is 10.2. The molecule has 0 heterocycles. The number of ether oxygens (including phenoxy) is 1. The van der Waals surface area contributed by atoms with Gasteiger partial charge in [0.15, 0.2) is 0 Å². The third-order valence-corrected chi connectivity index (χ3v) is 2.41. The first-order valence-electron chi connectivity index (χ1n) is 6.21. The van der Waals surface area contributed by atoms with Crippen molar-refractivity contribution < 1.29 is 14.6 Å². The zero-order chi connectivity index (χ0) is 13.5. The molecule has 1 amide bonds. The Morgan fingerprint density at radius 2 is 2.17 bits per heavy atom. The van der Waals surface area contributed by atoms with Gasteiger partial charge in [0.05, 0.1) is 6.10 Å². The maximum atomic E-state index is 11.5. The second-order valence-electron chi connectivity index (χ2n) is 4.52. The Kier molecular flexibility index (Phi) is 5.65. The Morgan fingerprint density at radius 3 is 2.72 bits per heavy atom. The van der Waals surface area contributed by atoms with E-state index in [1.54, 1.807) is 0 Å². The van der Waals surface area contributed by atoms with Crippen LogP contribution in [0.1, 0.15) is 32.3 Å². The van der Waals surface area contributed by atoms with Crippen LogP contribution in [0.3, 0.4) is 0 Å². The van der Waals surface area contributed by atoms with Crippen molar-refractivity contribution in [2.45, 2.75) is 39.7 Å². The summed E-state index contributed by atoms with van der Waals surface area (Å²) in [6, 6.07) is 5.58. The molecule has 0 unspecified atom stereocenters. The van der Waals surface area contributed by atoms with Crippen LogP contribution in [-0.2, 0) is 4.79 Å². The highest BCUT2D eigenvalue weighted by atomic mass is 16.5. The van der Waals surface area contributed by atoms with Crippen LogP contribution in [0.15, 0.2) is 18.2 Å². The quantitative estimate of drug-likeness (QED) is 0.816. The van der Waals surface area contributed by atoms with E-state index in [0.717, 1.165) is 17.0 Å². The molecule has 1 rings (SSSR count). The average Bonchev–Trinajstić information content (AvgIpc) is 2.29. The molecule has 0 aliphatic carbocycles. The molecule has 1 aromatic carbocycles. The first-order valence-corrected chi connectivity index (χ1v) is 6.21. The van der Waals surface area contributed by atoms with Crippen molar-refractivity contribution in [3.8, 4) is 5.75 Å². The summed E-state index contributed by atoms with van der Waals surface area (Å²) >= 11 is 0. The zero-order valence-corrected chi connectivity index (χ0v) is 11.2. The van der Waals surface area contributed by atoms with Gasteiger partial charge >= 0.3 is 0 Å². The molecule has 0 fully saturated rings. The summed E-state index contributed by atoms with van der Waals surface area (Å²) in [5.41, 5.74) is 1.75. The fraction of sp³-hybridized carbons (Fsp3) is 0.500. The SMILES string of the molecule is Cc1cc(OC(C)C)ccc1NC(=O)CCCO. The maximum absolute atomic E-state index is 11.5. The van der Waals surface area contributed by atoms with Crippen molar-refractivity contribution in [1.29, 1.82) is 0 Å². The number of benzene rings is 1. The van der Waals surface area contributed by atoms with E-state index in [1.807, 2.05) is 39.0 Å². The predicted molar refractivity (Wildman–Crippen MR) is 71.9 cm³/mol. The molecule has 2 N–H and O–H groups in total. The number of hydrogen-bond acceptors (Lipinski definition) is 3. The van der Waals surface area contributed by atoms with Gasteiger partial charge in [0, 0.05) is 18.7 Å². The summed E-state index contributed by atoms with van der Waals surface area (Å²) in [6.07, 6.45) is 0.953. The number of amides is 1. The molecule has 0 radical (unpaired) electrons. The predicted octanol–water partition coefficient (Wildman–Crippen LogP) is 2.49. The van der Waals surface area contributed by atoms with Gasteiger partial charge in [0.25, 0.3) is 0 Å². The van der Waals surface area contributed by atoms with Crippen LogP contribution in [0.2, 0.25) is 0 Å². The first kappa shape index (κ1) is 14.5. The Labute approximate surface area is 108 Å². The van der Waals surface area contributed by atoms with Crippen LogP contribution < -0.4 is 10.1 Å². The highest BCUT2D eigenvalue weighted by Crippen LogP contribution is 2.22. The van der Waals surface area contributed by atoms with Crippen LogP contribution in [-0.4, -0.2) is 23.7 Å². The molecular formula is C14H21NO3.